The van der Waals surface area contributed by atoms with Crippen molar-refractivity contribution in [2.24, 2.45) is 0 Å². The number of hydrogen-bond donors (Lipinski definition) is 2. The van der Waals surface area contributed by atoms with Crippen LogP contribution in [0.15, 0.2) is 11.6 Å². The van der Waals surface area contributed by atoms with E-state index in [0.29, 0.717) is 12.7 Å². The first-order valence-corrected chi connectivity index (χ1v) is 4.82. The normalized spacial score (nSPS) is 11.4. The van der Waals surface area contributed by atoms with E-state index >= 15 is 0 Å². The van der Waals surface area contributed by atoms with Crippen molar-refractivity contribution in [1.82, 2.24) is 0 Å². The zero-order chi connectivity index (χ0) is 11.7. The van der Waals surface area contributed by atoms with Crippen molar-refractivity contribution in [3.05, 3.63) is 11.6 Å². The molecule has 0 unspecified atom stereocenters. The van der Waals surface area contributed by atoms with Crippen LogP contribution in [-0.4, -0.2) is 35.4 Å². The van der Waals surface area contributed by atoms with Gasteiger partial charge in [-0.1, -0.05) is 13.3 Å². The molecule has 0 aromatic heterocycles. The molecule has 86 valence electrons. The highest BCUT2D eigenvalue weighted by atomic mass is 16.5. The maximum Gasteiger partial charge on any atom is 0.331 e. The molecule has 0 radical (unpaired) electrons. The molecule has 0 spiro atoms. The van der Waals surface area contributed by atoms with Crippen molar-refractivity contribution >= 4 is 11.9 Å². The summed E-state index contributed by atoms with van der Waals surface area (Å²) in [6.45, 7) is 2.85. The number of ether oxygens (including phenoxy) is 1. The van der Waals surface area contributed by atoms with Crippen LogP contribution in [0.25, 0.3) is 0 Å². The van der Waals surface area contributed by atoms with Gasteiger partial charge in [0.25, 0.3) is 0 Å². The number of carboxylic acids is 2. The van der Waals surface area contributed by atoms with E-state index in [1.165, 1.54) is 0 Å². The Morgan fingerprint density at radius 1 is 1.27 bits per heavy atom. The second kappa shape index (κ2) is 7.99. The van der Waals surface area contributed by atoms with Gasteiger partial charge >= 0.3 is 11.9 Å². The van der Waals surface area contributed by atoms with E-state index in [1.54, 1.807) is 0 Å². The molecule has 0 saturated carbocycles. The third-order valence-corrected chi connectivity index (χ3v) is 1.73. The van der Waals surface area contributed by atoms with Gasteiger partial charge in [0.05, 0.1) is 6.61 Å². The van der Waals surface area contributed by atoms with Crippen LogP contribution < -0.4 is 0 Å². The maximum absolute atomic E-state index is 10.6. The second-order valence-corrected chi connectivity index (χ2v) is 3.03. The fraction of sp³-hybridized carbons (Fsp3) is 0.600. The minimum absolute atomic E-state index is 0.116. The van der Waals surface area contributed by atoms with E-state index in [0.717, 1.165) is 12.8 Å². The van der Waals surface area contributed by atoms with Crippen molar-refractivity contribution in [2.45, 2.75) is 26.2 Å². The predicted octanol–water partition coefficient (Wildman–Crippen LogP) is 1.29. The molecule has 0 aromatic rings. The summed E-state index contributed by atoms with van der Waals surface area (Å²) in [7, 11) is 0. The van der Waals surface area contributed by atoms with Gasteiger partial charge < -0.3 is 14.9 Å². The molecule has 0 bridgehead atoms. The topological polar surface area (TPSA) is 83.8 Å². The Morgan fingerprint density at radius 3 is 2.40 bits per heavy atom. The number of hydrogen-bond acceptors (Lipinski definition) is 3. The van der Waals surface area contributed by atoms with Crippen LogP contribution in [0.4, 0.5) is 0 Å². The average Bonchev–Trinajstić information content (AvgIpc) is 2.15. The highest BCUT2D eigenvalue weighted by molar-refractivity contribution is 5.94. The predicted molar refractivity (Wildman–Crippen MR) is 53.7 cm³/mol. The van der Waals surface area contributed by atoms with Crippen LogP contribution in [0.1, 0.15) is 26.2 Å². The van der Waals surface area contributed by atoms with Crippen LogP contribution in [0.3, 0.4) is 0 Å². The summed E-state index contributed by atoms with van der Waals surface area (Å²) in [6.07, 6.45) is 2.75. The maximum atomic E-state index is 10.6. The molecule has 0 heterocycles. The van der Waals surface area contributed by atoms with Crippen LogP contribution in [0.5, 0.6) is 0 Å². The summed E-state index contributed by atoms with van der Waals surface area (Å²) in [5.41, 5.74) is -0.140. The van der Waals surface area contributed by atoms with E-state index < -0.39 is 11.9 Å². The molecular formula is C10H16O5. The quantitative estimate of drug-likeness (QED) is 0.471. The number of carboxylic acid groups (broad SMARTS) is 2. The Kier molecular flexibility index (Phi) is 7.27. The largest absolute Gasteiger partial charge is 0.478 e. The summed E-state index contributed by atoms with van der Waals surface area (Å²) < 4.78 is 5.14. The lowest BCUT2D eigenvalue weighted by molar-refractivity contribution is -0.135. The molecule has 0 amide bonds. The van der Waals surface area contributed by atoms with Crippen molar-refractivity contribution in [3.8, 4) is 0 Å². The van der Waals surface area contributed by atoms with Crippen molar-refractivity contribution in [2.75, 3.05) is 13.2 Å². The summed E-state index contributed by atoms with van der Waals surface area (Å²) in [5.74, 6) is -2.46. The first-order chi connectivity index (χ1) is 7.07. The Hall–Kier alpha value is -1.36. The van der Waals surface area contributed by atoms with E-state index in [9.17, 15) is 9.59 Å². The highest BCUT2D eigenvalue weighted by Gasteiger charge is 2.08. The fourth-order valence-corrected chi connectivity index (χ4v) is 0.920. The molecule has 0 fully saturated rings. The van der Waals surface area contributed by atoms with Gasteiger partial charge in [-0.2, -0.15) is 0 Å². The Morgan fingerprint density at radius 2 is 1.93 bits per heavy atom. The lowest BCUT2D eigenvalue weighted by Gasteiger charge is -2.03. The van der Waals surface area contributed by atoms with E-state index in [1.807, 2.05) is 6.92 Å². The van der Waals surface area contributed by atoms with Crippen LogP contribution >= 0.6 is 0 Å². The number of aliphatic carboxylic acids is 2. The van der Waals surface area contributed by atoms with Gasteiger partial charge in [-0.25, -0.2) is 9.59 Å². The molecule has 0 aliphatic rings. The summed E-state index contributed by atoms with van der Waals surface area (Å²) in [5, 5.41) is 17.0. The van der Waals surface area contributed by atoms with Gasteiger partial charge in [0, 0.05) is 24.7 Å². The average molecular weight is 216 g/mol. The Labute approximate surface area is 88.4 Å². The van der Waals surface area contributed by atoms with Gasteiger partial charge in [-0.05, 0) is 6.42 Å². The van der Waals surface area contributed by atoms with Crippen molar-refractivity contribution in [1.29, 1.82) is 0 Å². The molecule has 5 heteroatoms. The van der Waals surface area contributed by atoms with Crippen LogP contribution in [-0.2, 0) is 14.3 Å². The molecule has 0 aliphatic carbocycles. The van der Waals surface area contributed by atoms with Gasteiger partial charge in [0.2, 0.25) is 0 Å². The fourth-order valence-electron chi connectivity index (χ4n) is 0.920. The zero-order valence-corrected chi connectivity index (χ0v) is 8.73. The van der Waals surface area contributed by atoms with E-state index in [4.69, 9.17) is 14.9 Å². The Balaban J connectivity index is 3.88. The zero-order valence-electron chi connectivity index (χ0n) is 8.73. The van der Waals surface area contributed by atoms with Crippen molar-refractivity contribution in [3.63, 3.8) is 0 Å². The summed E-state index contributed by atoms with van der Waals surface area (Å²) in [4.78, 5) is 20.8. The van der Waals surface area contributed by atoms with E-state index in [2.05, 4.69) is 0 Å². The standard InChI is InChI=1S/C10H16O5/c1-2-3-5-15-6-4-8(10(13)14)7-9(11)12/h7H,2-6H2,1H3,(H,11,12)(H,13,14)/b8-7-. The molecule has 0 rings (SSSR count). The molecule has 0 saturated heterocycles. The Bertz CT molecular complexity index is 244. The van der Waals surface area contributed by atoms with Gasteiger partial charge in [-0.3, -0.25) is 0 Å². The third kappa shape index (κ3) is 7.69. The highest BCUT2D eigenvalue weighted by Crippen LogP contribution is 2.02. The van der Waals surface area contributed by atoms with Crippen LogP contribution in [0, 0.1) is 0 Å². The third-order valence-electron chi connectivity index (χ3n) is 1.73. The second-order valence-electron chi connectivity index (χ2n) is 3.03. The lowest BCUT2D eigenvalue weighted by Crippen LogP contribution is -2.07. The smallest absolute Gasteiger partial charge is 0.331 e. The number of unbranched alkanes of at least 4 members (excludes halogenated alkanes) is 1. The van der Waals surface area contributed by atoms with E-state index in [-0.39, 0.29) is 18.6 Å². The molecule has 5 nitrogen and oxygen atoms in total. The molecule has 15 heavy (non-hydrogen) atoms. The number of carbonyl (C=O) groups is 2. The van der Waals surface area contributed by atoms with Crippen molar-refractivity contribution < 1.29 is 24.5 Å². The molecule has 0 aromatic carbocycles. The van der Waals surface area contributed by atoms with Gasteiger partial charge in [0.15, 0.2) is 0 Å². The monoisotopic (exact) mass is 216 g/mol. The van der Waals surface area contributed by atoms with Crippen LogP contribution in [0.2, 0.25) is 0 Å². The summed E-state index contributed by atoms with van der Waals surface area (Å²) >= 11 is 0. The first-order valence-electron chi connectivity index (χ1n) is 4.82. The minimum Gasteiger partial charge on any atom is -0.478 e. The SMILES string of the molecule is CCCCOCC/C(=C/C(=O)O)C(=O)O. The number of rotatable bonds is 8. The molecule has 0 atom stereocenters. The van der Waals surface area contributed by atoms with Gasteiger partial charge in [0.1, 0.15) is 0 Å². The first kappa shape index (κ1) is 13.6. The lowest BCUT2D eigenvalue weighted by atomic mass is 10.2. The molecular weight excluding hydrogens is 200 g/mol. The molecule has 0 aliphatic heterocycles. The minimum atomic E-state index is -1.25. The molecule has 2 N–H and O–H groups in total. The van der Waals surface area contributed by atoms with Gasteiger partial charge in [-0.15, -0.1) is 0 Å². The summed E-state index contributed by atoms with van der Waals surface area (Å²) in [6, 6.07) is 0.